The molecular formula is C14H16N2O4. The molecule has 20 heavy (non-hydrogen) atoms. The molecule has 6 nitrogen and oxygen atoms in total. The summed E-state index contributed by atoms with van der Waals surface area (Å²) in [5.74, 6) is -1.27. The van der Waals surface area contributed by atoms with E-state index < -0.39 is 16.8 Å². The van der Waals surface area contributed by atoms with Gasteiger partial charge < -0.3 is 10.0 Å². The van der Waals surface area contributed by atoms with Gasteiger partial charge in [0.2, 0.25) is 0 Å². The van der Waals surface area contributed by atoms with Crippen LogP contribution in [0.3, 0.4) is 0 Å². The Bertz CT molecular complexity index is 572. The minimum absolute atomic E-state index is 0.0233. The van der Waals surface area contributed by atoms with Gasteiger partial charge in [-0.3, -0.25) is 14.9 Å². The van der Waals surface area contributed by atoms with Crippen molar-refractivity contribution in [2.45, 2.75) is 31.7 Å². The molecule has 0 aromatic heterocycles. The second-order valence-corrected chi connectivity index (χ2v) is 5.48. The van der Waals surface area contributed by atoms with Crippen LogP contribution < -0.4 is 4.90 Å². The number of aliphatic carboxylic acids is 1. The Kier molecular flexibility index (Phi) is 3.08. The number of nitro benzene ring substituents is 1. The van der Waals surface area contributed by atoms with Crippen molar-refractivity contribution in [3.63, 3.8) is 0 Å². The number of nitro groups is 1. The van der Waals surface area contributed by atoms with Crippen molar-refractivity contribution in [2.75, 3.05) is 11.4 Å². The molecule has 1 N–H and O–H groups in total. The third-order valence-electron chi connectivity index (χ3n) is 4.35. The number of carbonyl (C=O) groups is 1. The van der Waals surface area contributed by atoms with Gasteiger partial charge in [0, 0.05) is 30.4 Å². The monoisotopic (exact) mass is 276 g/mol. The van der Waals surface area contributed by atoms with Gasteiger partial charge in [-0.2, -0.15) is 0 Å². The van der Waals surface area contributed by atoms with E-state index in [0.717, 1.165) is 37.1 Å². The standard InChI is InChI=1S/C14H16N2O4/c17-14(18)11-8-9-7-10(16(19)20)4-5-12(9)15-6-2-1-3-13(11)15/h4-5,7,11,13H,1-3,6,8H2,(H,17,18)/t11-,13-/m0/s1. The summed E-state index contributed by atoms with van der Waals surface area (Å²) >= 11 is 0. The maximum atomic E-state index is 11.5. The fraction of sp³-hybridized carbons (Fsp3) is 0.500. The lowest BCUT2D eigenvalue weighted by Crippen LogP contribution is -2.50. The normalized spacial score (nSPS) is 24.7. The number of hydrogen-bond acceptors (Lipinski definition) is 4. The molecule has 0 saturated carbocycles. The number of carboxylic acids is 1. The number of rotatable bonds is 2. The molecule has 2 atom stereocenters. The van der Waals surface area contributed by atoms with Gasteiger partial charge in [-0.1, -0.05) is 0 Å². The largest absolute Gasteiger partial charge is 0.481 e. The number of hydrogen-bond donors (Lipinski definition) is 1. The molecule has 1 fully saturated rings. The molecule has 106 valence electrons. The van der Waals surface area contributed by atoms with Gasteiger partial charge in [0.25, 0.3) is 5.69 Å². The third kappa shape index (κ3) is 2.01. The van der Waals surface area contributed by atoms with Crippen molar-refractivity contribution in [2.24, 2.45) is 5.92 Å². The molecule has 6 heteroatoms. The highest BCUT2D eigenvalue weighted by molar-refractivity contribution is 5.75. The zero-order valence-corrected chi connectivity index (χ0v) is 11.0. The molecule has 0 spiro atoms. The van der Waals surface area contributed by atoms with E-state index in [2.05, 4.69) is 4.90 Å². The van der Waals surface area contributed by atoms with E-state index >= 15 is 0 Å². The number of non-ortho nitro benzene ring substituents is 1. The number of carboxylic acid groups (broad SMARTS) is 1. The quantitative estimate of drug-likeness (QED) is 0.661. The molecule has 1 aromatic carbocycles. The van der Waals surface area contributed by atoms with Crippen molar-refractivity contribution >= 4 is 17.3 Å². The second-order valence-electron chi connectivity index (χ2n) is 5.48. The highest BCUT2D eigenvalue weighted by Crippen LogP contribution is 2.39. The molecule has 2 heterocycles. The Labute approximate surface area is 116 Å². The Hall–Kier alpha value is -2.11. The second kappa shape index (κ2) is 4.77. The van der Waals surface area contributed by atoms with E-state index in [1.807, 2.05) is 0 Å². The maximum Gasteiger partial charge on any atom is 0.308 e. The number of benzene rings is 1. The van der Waals surface area contributed by atoms with E-state index in [1.54, 1.807) is 6.07 Å². The molecule has 0 bridgehead atoms. The molecule has 0 unspecified atom stereocenters. The van der Waals surface area contributed by atoms with Crippen LogP contribution in [0.2, 0.25) is 0 Å². The van der Waals surface area contributed by atoms with Crippen LogP contribution in [0.5, 0.6) is 0 Å². The summed E-state index contributed by atoms with van der Waals surface area (Å²) in [4.78, 5) is 24.0. The summed E-state index contributed by atoms with van der Waals surface area (Å²) in [6, 6.07) is 4.82. The molecule has 1 aromatic rings. The van der Waals surface area contributed by atoms with E-state index in [1.165, 1.54) is 12.1 Å². The van der Waals surface area contributed by atoms with E-state index in [0.29, 0.717) is 6.42 Å². The lowest BCUT2D eigenvalue weighted by molar-refractivity contribution is -0.384. The molecule has 2 aliphatic rings. The molecular weight excluding hydrogens is 260 g/mol. The Morgan fingerprint density at radius 3 is 2.90 bits per heavy atom. The summed E-state index contributed by atoms with van der Waals surface area (Å²) in [5, 5.41) is 20.3. The van der Waals surface area contributed by atoms with Gasteiger partial charge in [-0.05, 0) is 37.3 Å². The minimum Gasteiger partial charge on any atom is -0.481 e. The lowest BCUT2D eigenvalue weighted by atomic mass is 9.81. The van der Waals surface area contributed by atoms with Gasteiger partial charge in [0.05, 0.1) is 10.8 Å². The van der Waals surface area contributed by atoms with Crippen LogP contribution in [0.1, 0.15) is 24.8 Å². The van der Waals surface area contributed by atoms with Crippen LogP contribution in [0, 0.1) is 16.0 Å². The first-order chi connectivity index (χ1) is 9.58. The van der Waals surface area contributed by atoms with Crippen LogP contribution in [-0.2, 0) is 11.2 Å². The van der Waals surface area contributed by atoms with E-state index in [9.17, 15) is 20.0 Å². The van der Waals surface area contributed by atoms with Crippen molar-refractivity contribution in [1.29, 1.82) is 0 Å². The molecule has 1 saturated heterocycles. The zero-order valence-electron chi connectivity index (χ0n) is 11.0. The van der Waals surface area contributed by atoms with Crippen LogP contribution in [0.15, 0.2) is 18.2 Å². The average Bonchev–Trinajstić information content (AvgIpc) is 2.45. The summed E-state index contributed by atoms with van der Waals surface area (Å²) in [5.41, 5.74) is 1.78. The summed E-state index contributed by atoms with van der Waals surface area (Å²) in [7, 11) is 0. The van der Waals surface area contributed by atoms with E-state index in [-0.39, 0.29) is 11.7 Å². The number of anilines is 1. The molecule has 2 aliphatic heterocycles. The first kappa shape index (κ1) is 12.9. The highest BCUT2D eigenvalue weighted by Gasteiger charge is 2.39. The van der Waals surface area contributed by atoms with Crippen LogP contribution >= 0.6 is 0 Å². The Balaban J connectivity index is 2.04. The number of piperidine rings is 1. The Morgan fingerprint density at radius 1 is 1.40 bits per heavy atom. The smallest absolute Gasteiger partial charge is 0.308 e. The van der Waals surface area contributed by atoms with Crippen LogP contribution in [0.4, 0.5) is 11.4 Å². The van der Waals surface area contributed by atoms with Crippen LogP contribution in [0.25, 0.3) is 0 Å². The van der Waals surface area contributed by atoms with Gasteiger partial charge in [0.15, 0.2) is 0 Å². The molecule has 0 amide bonds. The summed E-state index contributed by atoms with van der Waals surface area (Å²) in [6.45, 7) is 0.833. The van der Waals surface area contributed by atoms with E-state index in [4.69, 9.17) is 0 Å². The van der Waals surface area contributed by atoms with Gasteiger partial charge >= 0.3 is 5.97 Å². The topological polar surface area (TPSA) is 83.7 Å². The van der Waals surface area contributed by atoms with Crippen molar-refractivity contribution in [3.8, 4) is 0 Å². The van der Waals surface area contributed by atoms with Crippen LogP contribution in [-0.4, -0.2) is 28.6 Å². The number of fused-ring (bicyclic) bond motifs is 3. The summed E-state index contributed by atoms with van der Waals surface area (Å²) in [6.07, 6.45) is 3.35. The van der Waals surface area contributed by atoms with Gasteiger partial charge in [0.1, 0.15) is 0 Å². The van der Waals surface area contributed by atoms with Crippen molar-refractivity contribution in [3.05, 3.63) is 33.9 Å². The fourth-order valence-corrected chi connectivity index (χ4v) is 3.43. The van der Waals surface area contributed by atoms with Crippen molar-refractivity contribution in [1.82, 2.24) is 0 Å². The first-order valence-corrected chi connectivity index (χ1v) is 6.84. The lowest BCUT2D eigenvalue weighted by Gasteiger charge is -2.45. The van der Waals surface area contributed by atoms with Gasteiger partial charge in [-0.15, -0.1) is 0 Å². The molecule has 0 aliphatic carbocycles. The predicted molar refractivity (Wildman–Crippen MR) is 72.9 cm³/mol. The fourth-order valence-electron chi connectivity index (χ4n) is 3.43. The maximum absolute atomic E-state index is 11.5. The molecule has 3 rings (SSSR count). The molecule has 0 radical (unpaired) electrons. The van der Waals surface area contributed by atoms with Crippen molar-refractivity contribution < 1.29 is 14.8 Å². The Morgan fingerprint density at radius 2 is 2.20 bits per heavy atom. The summed E-state index contributed by atoms with van der Waals surface area (Å²) < 4.78 is 0. The average molecular weight is 276 g/mol. The third-order valence-corrected chi connectivity index (χ3v) is 4.35. The number of nitrogens with zero attached hydrogens (tertiary/aromatic N) is 2. The van der Waals surface area contributed by atoms with Gasteiger partial charge in [-0.25, -0.2) is 0 Å². The zero-order chi connectivity index (χ0) is 14.3. The first-order valence-electron chi connectivity index (χ1n) is 6.84. The highest BCUT2D eigenvalue weighted by atomic mass is 16.6. The predicted octanol–water partition coefficient (Wildman–Crippen LogP) is 2.21. The minimum atomic E-state index is -0.806. The SMILES string of the molecule is O=C(O)[C@H]1Cc2cc([N+](=O)[O-])ccc2N2CCCC[C@@H]12.